The minimum Gasteiger partial charge on any atom is -0.377 e. The number of hydrogen-bond acceptors (Lipinski definition) is 2. The standard InChI is InChI=1S/C18H24O2/c1-14-9-11-16(12-10-14)18(20-3)13-17(19-2)15-7-5-4-6-8-15/h4-9,11-12,14,17-18H,10,13H2,1-3H3. The van der Waals surface area contributed by atoms with E-state index in [0.717, 1.165) is 12.8 Å². The molecular weight excluding hydrogens is 248 g/mol. The summed E-state index contributed by atoms with van der Waals surface area (Å²) in [4.78, 5) is 0. The van der Waals surface area contributed by atoms with E-state index >= 15 is 0 Å². The summed E-state index contributed by atoms with van der Waals surface area (Å²) in [6.45, 7) is 2.23. The van der Waals surface area contributed by atoms with Crippen LogP contribution in [0.2, 0.25) is 0 Å². The van der Waals surface area contributed by atoms with Crippen LogP contribution in [0.25, 0.3) is 0 Å². The van der Waals surface area contributed by atoms with E-state index in [1.807, 2.05) is 18.2 Å². The van der Waals surface area contributed by atoms with Crippen molar-refractivity contribution in [3.05, 3.63) is 59.7 Å². The van der Waals surface area contributed by atoms with Gasteiger partial charge in [0, 0.05) is 20.6 Å². The summed E-state index contributed by atoms with van der Waals surface area (Å²) in [6.07, 6.45) is 8.82. The van der Waals surface area contributed by atoms with Gasteiger partial charge < -0.3 is 9.47 Å². The topological polar surface area (TPSA) is 18.5 Å². The molecule has 1 aromatic rings. The van der Waals surface area contributed by atoms with Gasteiger partial charge in [-0.3, -0.25) is 0 Å². The summed E-state index contributed by atoms with van der Waals surface area (Å²) in [6, 6.07) is 10.3. The maximum atomic E-state index is 5.68. The van der Waals surface area contributed by atoms with Crippen LogP contribution in [0, 0.1) is 5.92 Å². The maximum absolute atomic E-state index is 5.68. The molecule has 0 fully saturated rings. The quantitative estimate of drug-likeness (QED) is 0.768. The lowest BCUT2D eigenvalue weighted by Gasteiger charge is -2.25. The van der Waals surface area contributed by atoms with E-state index < -0.39 is 0 Å². The first-order valence-electron chi connectivity index (χ1n) is 7.23. The van der Waals surface area contributed by atoms with Gasteiger partial charge in [0.2, 0.25) is 0 Å². The molecule has 108 valence electrons. The van der Waals surface area contributed by atoms with E-state index in [1.54, 1.807) is 14.2 Å². The van der Waals surface area contributed by atoms with Crippen LogP contribution in [0.5, 0.6) is 0 Å². The fourth-order valence-corrected chi connectivity index (χ4v) is 2.58. The van der Waals surface area contributed by atoms with E-state index in [9.17, 15) is 0 Å². The van der Waals surface area contributed by atoms with Crippen LogP contribution < -0.4 is 0 Å². The number of hydrogen-bond donors (Lipinski definition) is 0. The van der Waals surface area contributed by atoms with Gasteiger partial charge in [-0.1, -0.05) is 55.5 Å². The van der Waals surface area contributed by atoms with Crippen LogP contribution in [0.3, 0.4) is 0 Å². The van der Waals surface area contributed by atoms with E-state index in [2.05, 4.69) is 37.3 Å². The Balaban J connectivity index is 2.07. The van der Waals surface area contributed by atoms with E-state index in [4.69, 9.17) is 9.47 Å². The smallest absolute Gasteiger partial charge is 0.0849 e. The molecule has 3 unspecified atom stereocenters. The molecule has 0 spiro atoms. The summed E-state index contributed by atoms with van der Waals surface area (Å²) in [5.74, 6) is 0.628. The van der Waals surface area contributed by atoms with Gasteiger partial charge in [0.25, 0.3) is 0 Å². The summed E-state index contributed by atoms with van der Waals surface area (Å²) >= 11 is 0. The average Bonchev–Trinajstić information content (AvgIpc) is 2.51. The molecule has 2 heteroatoms. The number of methoxy groups -OCH3 is 2. The third kappa shape index (κ3) is 3.81. The minimum absolute atomic E-state index is 0.0646. The molecule has 0 radical (unpaired) electrons. The first kappa shape index (κ1) is 15.0. The molecule has 0 aromatic heterocycles. The first-order chi connectivity index (χ1) is 9.74. The number of ether oxygens (including phenoxy) is 2. The highest BCUT2D eigenvalue weighted by molar-refractivity contribution is 5.28. The van der Waals surface area contributed by atoms with Crippen molar-refractivity contribution in [2.24, 2.45) is 5.92 Å². The molecule has 0 aliphatic heterocycles. The van der Waals surface area contributed by atoms with Gasteiger partial charge >= 0.3 is 0 Å². The summed E-state index contributed by atoms with van der Waals surface area (Å²) in [5, 5.41) is 0. The minimum atomic E-state index is 0.0646. The van der Waals surface area contributed by atoms with Gasteiger partial charge in [-0.05, 0) is 23.5 Å². The molecule has 0 amide bonds. The van der Waals surface area contributed by atoms with Crippen LogP contribution in [0.15, 0.2) is 54.1 Å². The second-order valence-corrected chi connectivity index (χ2v) is 5.37. The number of allylic oxidation sites excluding steroid dienone is 2. The van der Waals surface area contributed by atoms with Crippen molar-refractivity contribution in [1.82, 2.24) is 0 Å². The van der Waals surface area contributed by atoms with E-state index in [-0.39, 0.29) is 12.2 Å². The van der Waals surface area contributed by atoms with Gasteiger partial charge in [-0.25, -0.2) is 0 Å². The normalized spacial score (nSPS) is 21.4. The average molecular weight is 272 g/mol. The molecule has 1 aliphatic rings. The van der Waals surface area contributed by atoms with Gasteiger partial charge in [-0.2, -0.15) is 0 Å². The largest absolute Gasteiger partial charge is 0.377 e. The molecular formula is C18H24O2. The second-order valence-electron chi connectivity index (χ2n) is 5.37. The Morgan fingerprint density at radius 2 is 1.80 bits per heavy atom. The molecule has 2 nitrogen and oxygen atoms in total. The lowest BCUT2D eigenvalue weighted by molar-refractivity contribution is 0.0378. The molecule has 1 aliphatic carbocycles. The third-order valence-corrected chi connectivity index (χ3v) is 3.88. The zero-order valence-electron chi connectivity index (χ0n) is 12.6. The maximum Gasteiger partial charge on any atom is 0.0849 e. The van der Waals surface area contributed by atoms with E-state index in [0.29, 0.717) is 5.92 Å². The van der Waals surface area contributed by atoms with Gasteiger partial charge in [0.1, 0.15) is 0 Å². The van der Waals surface area contributed by atoms with Crippen molar-refractivity contribution in [2.45, 2.75) is 32.0 Å². The van der Waals surface area contributed by atoms with Crippen LogP contribution >= 0.6 is 0 Å². The Bertz CT molecular complexity index is 462. The van der Waals surface area contributed by atoms with Crippen molar-refractivity contribution < 1.29 is 9.47 Å². The molecule has 0 heterocycles. The van der Waals surface area contributed by atoms with Crippen molar-refractivity contribution in [3.63, 3.8) is 0 Å². The van der Waals surface area contributed by atoms with Gasteiger partial charge in [-0.15, -0.1) is 0 Å². The Morgan fingerprint density at radius 1 is 1.10 bits per heavy atom. The highest BCUT2D eigenvalue weighted by Gasteiger charge is 2.21. The lowest BCUT2D eigenvalue weighted by atomic mass is 9.92. The van der Waals surface area contributed by atoms with Gasteiger partial charge in [0.15, 0.2) is 0 Å². The van der Waals surface area contributed by atoms with Crippen LogP contribution in [-0.4, -0.2) is 20.3 Å². The van der Waals surface area contributed by atoms with Crippen LogP contribution in [0.4, 0.5) is 0 Å². The molecule has 0 saturated heterocycles. The predicted octanol–water partition coefficient (Wildman–Crippen LogP) is 4.30. The monoisotopic (exact) mass is 272 g/mol. The SMILES string of the molecule is COC(CC(OC)c1ccccc1)C1=CCC(C)C=C1. The lowest BCUT2D eigenvalue weighted by Crippen LogP contribution is -2.19. The van der Waals surface area contributed by atoms with Crippen LogP contribution in [-0.2, 0) is 9.47 Å². The molecule has 1 aromatic carbocycles. The zero-order chi connectivity index (χ0) is 14.4. The fourth-order valence-electron chi connectivity index (χ4n) is 2.58. The Kier molecular flexibility index (Phi) is 5.57. The predicted molar refractivity (Wildman–Crippen MR) is 82.6 cm³/mol. The van der Waals surface area contributed by atoms with Crippen molar-refractivity contribution >= 4 is 0 Å². The highest BCUT2D eigenvalue weighted by Crippen LogP contribution is 2.28. The fraction of sp³-hybridized carbons (Fsp3) is 0.444. The van der Waals surface area contributed by atoms with E-state index in [1.165, 1.54) is 11.1 Å². The molecule has 2 rings (SSSR count). The number of rotatable bonds is 6. The summed E-state index contributed by atoms with van der Waals surface area (Å²) in [7, 11) is 3.53. The molecule has 0 N–H and O–H groups in total. The van der Waals surface area contributed by atoms with Crippen molar-refractivity contribution in [3.8, 4) is 0 Å². The summed E-state index contributed by atoms with van der Waals surface area (Å²) < 4.78 is 11.3. The van der Waals surface area contributed by atoms with Gasteiger partial charge in [0.05, 0.1) is 12.2 Å². The summed E-state index contributed by atoms with van der Waals surface area (Å²) in [5.41, 5.74) is 2.47. The zero-order valence-corrected chi connectivity index (χ0v) is 12.6. The molecule has 3 atom stereocenters. The van der Waals surface area contributed by atoms with Crippen LogP contribution in [0.1, 0.15) is 31.4 Å². The second kappa shape index (κ2) is 7.41. The number of benzene rings is 1. The molecule has 0 bridgehead atoms. The molecule has 20 heavy (non-hydrogen) atoms. The Morgan fingerprint density at radius 3 is 2.35 bits per heavy atom. The molecule has 0 saturated carbocycles. The Labute approximate surface area is 122 Å². The van der Waals surface area contributed by atoms with Crippen molar-refractivity contribution in [2.75, 3.05) is 14.2 Å². The highest BCUT2D eigenvalue weighted by atomic mass is 16.5. The third-order valence-electron chi connectivity index (χ3n) is 3.88. The first-order valence-corrected chi connectivity index (χ1v) is 7.23. The Hall–Kier alpha value is -1.38. The van der Waals surface area contributed by atoms with Crippen molar-refractivity contribution in [1.29, 1.82) is 0 Å².